The summed E-state index contributed by atoms with van der Waals surface area (Å²) >= 11 is 1.41. The number of carbonyl (C=O) groups is 2. The Morgan fingerprint density at radius 1 is 0.667 bits per heavy atom. The van der Waals surface area contributed by atoms with Crippen molar-refractivity contribution in [2.75, 3.05) is 46.1 Å². The lowest BCUT2D eigenvalue weighted by molar-refractivity contribution is -0.137. The van der Waals surface area contributed by atoms with Crippen molar-refractivity contribution in [3.05, 3.63) is 141 Å². The monoisotopic (exact) mass is 924 g/mol. The van der Waals surface area contributed by atoms with Gasteiger partial charge in [0.05, 0.1) is 31.0 Å². The number of aliphatic hydroxyl groups is 4. The highest BCUT2D eigenvalue weighted by molar-refractivity contribution is 7.99. The smallest absolute Gasteiger partial charge is 0.220 e. The van der Waals surface area contributed by atoms with Crippen LogP contribution in [0.5, 0.6) is 0 Å². The minimum atomic E-state index is -0.883. The van der Waals surface area contributed by atoms with Gasteiger partial charge in [-0.3, -0.25) is 9.59 Å². The molecule has 358 valence electrons. The number of hydrogen-bond donors (Lipinski definition) is 6. The highest BCUT2D eigenvalue weighted by Crippen LogP contribution is 2.36. The van der Waals surface area contributed by atoms with E-state index in [2.05, 4.69) is 115 Å². The maximum Gasteiger partial charge on any atom is 0.220 e. The molecule has 2 aliphatic rings. The zero-order valence-electron chi connectivity index (χ0n) is 39.4. The zero-order chi connectivity index (χ0) is 47.0. The number of rotatable bonds is 23. The zero-order valence-corrected chi connectivity index (χ0v) is 40.2. The Kier molecular flexibility index (Phi) is 20.1. The number of aryl methyl sites for hydroxylation is 4. The Bertz CT molecular complexity index is 2130. The molecule has 0 unspecified atom stereocenters. The molecular formula is C54H73N3O8S. The van der Waals surface area contributed by atoms with Crippen molar-refractivity contribution in [2.24, 2.45) is 0 Å². The molecule has 0 aliphatic carbocycles. The van der Waals surface area contributed by atoms with Gasteiger partial charge in [0.25, 0.3) is 0 Å². The minimum absolute atomic E-state index is 0.0833. The third-order valence-corrected chi connectivity index (χ3v) is 13.9. The molecule has 4 aromatic rings. The molecule has 2 fully saturated rings. The first kappa shape index (κ1) is 51.3. The van der Waals surface area contributed by atoms with Gasteiger partial charge >= 0.3 is 0 Å². The number of hydrogen-bond acceptors (Lipinski definition) is 10. The molecule has 11 nitrogen and oxygen atoms in total. The number of nitrogens with one attached hydrogen (secondary N) is 2. The molecule has 2 saturated heterocycles. The van der Waals surface area contributed by atoms with Crippen LogP contribution in [-0.2, 0) is 44.7 Å². The van der Waals surface area contributed by atoms with Crippen LogP contribution in [0.25, 0.3) is 0 Å². The Morgan fingerprint density at radius 2 is 1.17 bits per heavy atom. The van der Waals surface area contributed by atoms with Gasteiger partial charge in [-0.2, -0.15) is 0 Å². The predicted molar refractivity (Wildman–Crippen MR) is 263 cm³/mol. The average molecular weight is 924 g/mol. The van der Waals surface area contributed by atoms with Gasteiger partial charge in [0.2, 0.25) is 11.8 Å². The van der Waals surface area contributed by atoms with Gasteiger partial charge in [-0.05, 0) is 147 Å². The van der Waals surface area contributed by atoms with Gasteiger partial charge in [-0.1, -0.05) is 84.9 Å². The fraction of sp³-hybridized carbons (Fsp3) is 0.519. The molecule has 2 aliphatic heterocycles. The Labute approximate surface area is 396 Å². The van der Waals surface area contributed by atoms with E-state index in [1.165, 1.54) is 56.3 Å². The Hall–Kier alpha value is -4.11. The lowest BCUT2D eigenvalue weighted by atomic mass is 9.92. The van der Waals surface area contributed by atoms with Crippen molar-refractivity contribution in [3.63, 3.8) is 0 Å². The van der Waals surface area contributed by atoms with Crippen LogP contribution in [0, 0.1) is 13.8 Å². The van der Waals surface area contributed by atoms with Crippen LogP contribution < -0.4 is 10.6 Å². The van der Waals surface area contributed by atoms with Crippen molar-refractivity contribution >= 4 is 23.6 Å². The summed E-state index contributed by atoms with van der Waals surface area (Å²) in [4.78, 5) is 27.3. The summed E-state index contributed by atoms with van der Waals surface area (Å²) < 4.78 is 11.9. The van der Waals surface area contributed by atoms with Gasteiger partial charge in [0.15, 0.2) is 0 Å². The highest BCUT2D eigenvalue weighted by atomic mass is 32.2. The normalized spacial score (nSPS) is 22.0. The lowest BCUT2D eigenvalue weighted by Gasteiger charge is -2.36. The molecule has 6 N–H and O–H groups in total. The fourth-order valence-electron chi connectivity index (χ4n) is 8.94. The van der Waals surface area contributed by atoms with Crippen LogP contribution in [0.15, 0.2) is 84.9 Å². The number of nitrogens with zero attached hydrogens (tertiary/aromatic N) is 1. The molecule has 0 saturated carbocycles. The van der Waals surface area contributed by atoms with Crippen molar-refractivity contribution in [1.29, 1.82) is 0 Å². The number of ether oxygens (including phenoxy) is 2. The first-order valence-electron chi connectivity index (χ1n) is 23.9. The third kappa shape index (κ3) is 15.7. The third-order valence-electron chi connectivity index (χ3n) is 13.1. The van der Waals surface area contributed by atoms with Crippen molar-refractivity contribution < 1.29 is 39.5 Å². The molecule has 0 bridgehead atoms. The van der Waals surface area contributed by atoms with Gasteiger partial charge < -0.3 is 45.4 Å². The van der Waals surface area contributed by atoms with Crippen LogP contribution >= 0.6 is 11.8 Å². The Morgan fingerprint density at radius 3 is 1.68 bits per heavy atom. The number of benzene rings is 4. The van der Waals surface area contributed by atoms with E-state index in [1.54, 1.807) is 0 Å². The molecule has 6 rings (SSSR count). The van der Waals surface area contributed by atoms with Gasteiger partial charge in [0.1, 0.15) is 17.6 Å². The van der Waals surface area contributed by atoms with Crippen LogP contribution in [0.4, 0.5) is 0 Å². The van der Waals surface area contributed by atoms with E-state index in [4.69, 9.17) is 9.47 Å². The molecule has 2 amide bonds. The van der Waals surface area contributed by atoms with E-state index in [9.17, 15) is 30.0 Å². The minimum Gasteiger partial charge on any atom is -0.391 e. The second-order valence-electron chi connectivity index (χ2n) is 18.5. The number of amides is 2. The van der Waals surface area contributed by atoms with Crippen LogP contribution in [-0.4, -0.2) is 113 Å². The largest absolute Gasteiger partial charge is 0.391 e. The molecule has 7 atom stereocenters. The number of aliphatic hydroxyl groups excluding tert-OH is 4. The molecule has 66 heavy (non-hydrogen) atoms. The van der Waals surface area contributed by atoms with E-state index in [-0.39, 0.29) is 24.5 Å². The van der Waals surface area contributed by atoms with E-state index in [1.807, 2.05) is 12.3 Å². The SMILES string of the molecule is CS[C@H]1O[C@@H](c2ccc(C)c(Cc3ccc(CCCC(=O)NCCCN(C)CCCNC(=O)CCCc4ccc(Cc5cc([C@@H]6OC[C@@H](O)C[C@H]6O)ccc5C)cc4)cc3)c2)C[C@@H](O)[C@@H]1O. The number of carbonyl (C=O) groups excluding carboxylic acids is 2. The summed E-state index contributed by atoms with van der Waals surface area (Å²) in [6.45, 7) is 7.48. The molecular weight excluding hydrogens is 851 g/mol. The van der Waals surface area contributed by atoms with Gasteiger partial charge in [-0.25, -0.2) is 0 Å². The van der Waals surface area contributed by atoms with Crippen LogP contribution in [0.3, 0.4) is 0 Å². The summed E-state index contributed by atoms with van der Waals surface area (Å²) in [6.07, 6.45) is 6.42. The van der Waals surface area contributed by atoms with E-state index >= 15 is 0 Å². The summed E-state index contributed by atoms with van der Waals surface area (Å²) in [5, 5.41) is 47.1. The van der Waals surface area contributed by atoms with Crippen molar-refractivity contribution in [2.45, 2.75) is 133 Å². The topological polar surface area (TPSA) is 161 Å². The van der Waals surface area contributed by atoms with E-state index in [0.717, 1.165) is 75.6 Å². The van der Waals surface area contributed by atoms with E-state index in [0.29, 0.717) is 38.8 Å². The van der Waals surface area contributed by atoms with Crippen LogP contribution in [0.2, 0.25) is 0 Å². The van der Waals surface area contributed by atoms with Gasteiger partial charge in [0, 0.05) is 38.8 Å². The summed E-state index contributed by atoms with van der Waals surface area (Å²) in [7, 11) is 2.08. The summed E-state index contributed by atoms with van der Waals surface area (Å²) in [5.41, 5.74) is 11.1. The molecule has 0 aromatic heterocycles. The molecule has 4 aromatic carbocycles. The lowest BCUT2D eigenvalue weighted by Crippen LogP contribution is -2.43. The van der Waals surface area contributed by atoms with Crippen LogP contribution in [0.1, 0.15) is 119 Å². The highest BCUT2D eigenvalue weighted by Gasteiger charge is 2.37. The van der Waals surface area contributed by atoms with Crippen molar-refractivity contribution in [1.82, 2.24) is 15.5 Å². The second kappa shape index (κ2) is 25.9. The average Bonchev–Trinajstić information content (AvgIpc) is 3.30. The van der Waals surface area contributed by atoms with Crippen molar-refractivity contribution in [3.8, 4) is 0 Å². The summed E-state index contributed by atoms with van der Waals surface area (Å²) in [5.74, 6) is 0.168. The van der Waals surface area contributed by atoms with E-state index < -0.39 is 36.0 Å². The fourth-order valence-corrected chi connectivity index (χ4v) is 9.64. The molecule has 2 heterocycles. The standard InChI is InChI=1S/C54H73N3O8S/c1-36-13-23-42(49-34-47(59)52(63)54(65-49)66-4)31-44(36)29-40-19-15-38(16-20-40)9-5-11-50(61)55-25-7-27-57(3)28-8-26-56-51(62)12-6-10-39-17-21-41(22-18-39)30-45-32-43(24-14-37(45)2)53-48(60)33-46(58)35-64-53/h13-24,31-32,46-49,52-54,58-60,63H,5-12,25-30,33-35H2,1-4H3,(H,55,61)(H,56,62)/t46-,47+,48+,49+,52-,53-,54+/m0/s1. The molecule has 0 spiro atoms. The summed E-state index contributed by atoms with van der Waals surface area (Å²) in [6, 6.07) is 29.7. The first-order valence-corrected chi connectivity index (χ1v) is 25.2. The second-order valence-corrected chi connectivity index (χ2v) is 19.4. The molecule has 12 heteroatoms. The first-order chi connectivity index (χ1) is 31.8. The molecule has 0 radical (unpaired) electrons. The number of thioether (sulfide) groups is 1. The predicted octanol–water partition coefficient (Wildman–Crippen LogP) is 6.83. The quantitative estimate of drug-likeness (QED) is 0.0436. The van der Waals surface area contributed by atoms with Gasteiger partial charge in [-0.15, -0.1) is 11.8 Å². The maximum absolute atomic E-state index is 12.5. The Balaban J connectivity index is 0.779. The maximum atomic E-state index is 12.5.